The summed E-state index contributed by atoms with van der Waals surface area (Å²) < 4.78 is 10.5. The van der Waals surface area contributed by atoms with Crippen LogP contribution in [0.3, 0.4) is 0 Å². The number of aromatic nitrogens is 2. The molecular weight excluding hydrogens is 456 g/mol. The third-order valence-electron chi connectivity index (χ3n) is 5.41. The lowest BCUT2D eigenvalue weighted by atomic mass is 9.92. The molecule has 4 rings (SSSR count). The Morgan fingerprint density at radius 2 is 1.91 bits per heavy atom. The van der Waals surface area contributed by atoms with Gasteiger partial charge in [0.1, 0.15) is 17.3 Å². The van der Waals surface area contributed by atoms with Crippen LogP contribution in [0.4, 0.5) is 11.5 Å². The van der Waals surface area contributed by atoms with Crippen LogP contribution in [0.1, 0.15) is 29.0 Å². The summed E-state index contributed by atoms with van der Waals surface area (Å²) in [5, 5.41) is 5.74. The molecule has 2 amide bonds. The number of nitrogens with one attached hydrogen (secondary N) is 3. The maximum Gasteiger partial charge on any atom is 0.257 e. The molecule has 176 valence electrons. The molecule has 0 radical (unpaired) electrons. The maximum absolute atomic E-state index is 13.1. The number of amides is 2. The summed E-state index contributed by atoms with van der Waals surface area (Å²) in [5.74, 6) is -0.237. The molecule has 3 N–H and O–H groups in total. The van der Waals surface area contributed by atoms with E-state index in [9.17, 15) is 14.4 Å². The number of carbonyl (C=O) groups excluding carboxylic acids is 2. The van der Waals surface area contributed by atoms with Crippen molar-refractivity contribution in [3.63, 3.8) is 0 Å². The Morgan fingerprint density at radius 1 is 1.15 bits per heavy atom. The van der Waals surface area contributed by atoms with Gasteiger partial charge in [-0.1, -0.05) is 41.6 Å². The zero-order valence-corrected chi connectivity index (χ0v) is 19.7. The van der Waals surface area contributed by atoms with Gasteiger partial charge in [0.25, 0.3) is 5.56 Å². The Morgan fingerprint density at radius 3 is 2.62 bits per heavy atom. The Bertz CT molecular complexity index is 1290. The normalized spacial score (nSPS) is 14.7. The second-order valence-corrected chi connectivity index (χ2v) is 8.73. The highest BCUT2D eigenvalue weighted by molar-refractivity contribution is 7.98. The fourth-order valence-electron chi connectivity index (χ4n) is 3.60. The van der Waals surface area contributed by atoms with Gasteiger partial charge in [0, 0.05) is 18.2 Å². The number of H-pyrrole nitrogens is 1. The van der Waals surface area contributed by atoms with Crippen molar-refractivity contribution in [3.8, 4) is 11.5 Å². The highest BCUT2D eigenvalue weighted by Gasteiger charge is 2.35. The van der Waals surface area contributed by atoms with E-state index < -0.39 is 17.4 Å². The molecule has 9 nitrogen and oxygen atoms in total. The summed E-state index contributed by atoms with van der Waals surface area (Å²) in [6, 6.07) is 13.0. The minimum Gasteiger partial charge on any atom is -0.497 e. The number of fused-ring (bicyclic) bond motifs is 1. The van der Waals surface area contributed by atoms with E-state index in [0.717, 1.165) is 11.1 Å². The largest absolute Gasteiger partial charge is 0.497 e. The zero-order valence-electron chi connectivity index (χ0n) is 18.9. The van der Waals surface area contributed by atoms with Gasteiger partial charge in [0.2, 0.25) is 11.8 Å². The maximum atomic E-state index is 13.1. The monoisotopic (exact) mass is 480 g/mol. The smallest absolute Gasteiger partial charge is 0.257 e. The van der Waals surface area contributed by atoms with Gasteiger partial charge in [-0.15, -0.1) is 0 Å². The third kappa shape index (κ3) is 5.07. The minimum absolute atomic E-state index is 0.105. The molecule has 0 spiro atoms. The lowest BCUT2D eigenvalue weighted by Gasteiger charge is -2.24. The molecule has 1 aliphatic rings. The lowest BCUT2D eigenvalue weighted by molar-refractivity contribution is -0.123. The van der Waals surface area contributed by atoms with Crippen LogP contribution in [0, 0.1) is 6.92 Å². The quantitative estimate of drug-likeness (QED) is 0.350. The van der Waals surface area contributed by atoms with Gasteiger partial charge >= 0.3 is 0 Å². The van der Waals surface area contributed by atoms with Crippen LogP contribution in [-0.2, 0) is 15.3 Å². The summed E-state index contributed by atoms with van der Waals surface area (Å²) in [5.41, 5.74) is 2.30. The van der Waals surface area contributed by atoms with E-state index in [1.165, 1.54) is 26.0 Å². The molecule has 0 unspecified atom stereocenters. The molecule has 1 aromatic heterocycles. The topological polar surface area (TPSA) is 122 Å². The molecule has 0 saturated carbocycles. The van der Waals surface area contributed by atoms with E-state index >= 15 is 0 Å². The molecule has 1 atom stereocenters. The van der Waals surface area contributed by atoms with Crippen LogP contribution in [0.2, 0.25) is 0 Å². The molecule has 1 aliphatic heterocycles. The van der Waals surface area contributed by atoms with Crippen LogP contribution >= 0.6 is 11.8 Å². The Hall–Kier alpha value is -3.79. The van der Waals surface area contributed by atoms with Crippen LogP contribution in [0.25, 0.3) is 0 Å². The number of rotatable bonds is 7. The molecule has 34 heavy (non-hydrogen) atoms. The fourth-order valence-corrected chi connectivity index (χ4v) is 4.42. The number of methoxy groups -OCH3 is 2. The number of ether oxygens (including phenoxy) is 2. The predicted molar refractivity (Wildman–Crippen MR) is 130 cm³/mol. The molecule has 2 heterocycles. The van der Waals surface area contributed by atoms with Crippen molar-refractivity contribution in [3.05, 3.63) is 69.5 Å². The molecular formula is C24H24N4O5S. The van der Waals surface area contributed by atoms with Crippen molar-refractivity contribution in [2.45, 2.75) is 30.2 Å². The van der Waals surface area contributed by atoms with Crippen LogP contribution in [0.15, 0.2) is 52.4 Å². The standard InChI is InChI=1S/C24H24N4O5S/c1-13-4-6-14(7-5-13)12-34-24-27-21-20(23(31)28-24)16(11-19(29)26-21)22(30)25-17-9-8-15(32-2)10-18(17)33-3/h4-10,16H,11-12H2,1-3H3,(H,25,30)(H2,26,27,28,29,31)/t16-/m1/s1. The molecule has 0 fully saturated rings. The fraction of sp³-hybridized carbons (Fsp3) is 0.250. The predicted octanol–water partition coefficient (Wildman–Crippen LogP) is 3.45. The highest BCUT2D eigenvalue weighted by Crippen LogP contribution is 2.33. The number of aromatic amines is 1. The summed E-state index contributed by atoms with van der Waals surface area (Å²) in [6.07, 6.45) is -0.169. The van der Waals surface area contributed by atoms with E-state index in [0.29, 0.717) is 28.1 Å². The van der Waals surface area contributed by atoms with E-state index in [1.54, 1.807) is 18.2 Å². The van der Waals surface area contributed by atoms with Gasteiger partial charge in [0.15, 0.2) is 5.16 Å². The molecule has 10 heteroatoms. The van der Waals surface area contributed by atoms with Gasteiger partial charge in [-0.25, -0.2) is 4.98 Å². The van der Waals surface area contributed by atoms with Gasteiger partial charge < -0.3 is 25.1 Å². The second kappa shape index (κ2) is 10.0. The number of aryl methyl sites for hydroxylation is 1. The molecule has 3 aromatic rings. The highest BCUT2D eigenvalue weighted by atomic mass is 32.2. The van der Waals surface area contributed by atoms with Gasteiger partial charge in [-0.05, 0) is 24.6 Å². The van der Waals surface area contributed by atoms with Gasteiger partial charge in [-0.3, -0.25) is 14.4 Å². The third-order valence-corrected chi connectivity index (χ3v) is 6.35. The van der Waals surface area contributed by atoms with Crippen LogP contribution < -0.4 is 25.7 Å². The van der Waals surface area contributed by atoms with Crippen molar-refractivity contribution in [2.24, 2.45) is 0 Å². The number of hydrogen-bond donors (Lipinski definition) is 3. The van der Waals surface area contributed by atoms with E-state index in [4.69, 9.17) is 9.47 Å². The van der Waals surface area contributed by atoms with E-state index in [1.807, 2.05) is 31.2 Å². The Kier molecular flexibility index (Phi) is 6.87. The first-order valence-electron chi connectivity index (χ1n) is 10.5. The number of benzene rings is 2. The molecule has 0 bridgehead atoms. The second-order valence-electron chi connectivity index (χ2n) is 7.77. The number of anilines is 2. The average molecular weight is 481 g/mol. The van der Waals surface area contributed by atoms with E-state index in [2.05, 4.69) is 20.6 Å². The minimum atomic E-state index is -0.997. The van der Waals surface area contributed by atoms with E-state index in [-0.39, 0.29) is 23.7 Å². The summed E-state index contributed by atoms with van der Waals surface area (Å²) in [4.78, 5) is 45.5. The molecule has 2 aromatic carbocycles. The SMILES string of the molecule is COc1ccc(NC(=O)[C@@H]2CC(=O)Nc3nc(SCc4ccc(C)cc4)[nH]c(=O)c32)c(OC)c1. The van der Waals surface area contributed by atoms with Gasteiger partial charge in [-0.2, -0.15) is 0 Å². The Labute approximate surface area is 200 Å². The first-order chi connectivity index (χ1) is 16.4. The van der Waals surface area contributed by atoms with Crippen molar-refractivity contribution in [1.82, 2.24) is 9.97 Å². The first kappa shape index (κ1) is 23.4. The van der Waals surface area contributed by atoms with Crippen LogP contribution in [-0.4, -0.2) is 36.0 Å². The zero-order chi connectivity index (χ0) is 24.2. The van der Waals surface area contributed by atoms with Crippen molar-refractivity contribution in [1.29, 1.82) is 0 Å². The lowest BCUT2D eigenvalue weighted by Crippen LogP contribution is -2.36. The number of carbonyl (C=O) groups is 2. The Balaban J connectivity index is 1.57. The summed E-state index contributed by atoms with van der Waals surface area (Å²) >= 11 is 1.34. The van der Waals surface area contributed by atoms with Crippen molar-refractivity contribution in [2.75, 3.05) is 24.9 Å². The number of thioether (sulfide) groups is 1. The molecule has 0 aliphatic carbocycles. The van der Waals surface area contributed by atoms with Crippen molar-refractivity contribution >= 4 is 35.1 Å². The summed E-state index contributed by atoms with van der Waals surface area (Å²) in [7, 11) is 3.00. The summed E-state index contributed by atoms with van der Waals surface area (Å²) in [6.45, 7) is 2.01. The van der Waals surface area contributed by atoms with Gasteiger partial charge in [0.05, 0.1) is 31.4 Å². The number of hydrogen-bond acceptors (Lipinski definition) is 7. The first-order valence-corrected chi connectivity index (χ1v) is 11.5. The molecule has 0 saturated heterocycles. The van der Waals surface area contributed by atoms with Crippen molar-refractivity contribution < 1.29 is 19.1 Å². The number of nitrogens with zero attached hydrogens (tertiary/aromatic N) is 1. The average Bonchev–Trinajstić information content (AvgIpc) is 2.83. The van der Waals surface area contributed by atoms with Crippen LogP contribution in [0.5, 0.6) is 11.5 Å².